The Balaban J connectivity index is 2.24. The third-order valence-electron chi connectivity index (χ3n) is 2.91. The summed E-state index contributed by atoms with van der Waals surface area (Å²) >= 11 is 3.24. The van der Waals surface area contributed by atoms with E-state index in [1.165, 1.54) is 12.1 Å². The predicted octanol–water partition coefficient (Wildman–Crippen LogP) is 2.79. The molecule has 0 bridgehead atoms. The van der Waals surface area contributed by atoms with Gasteiger partial charge in [0.25, 0.3) is 0 Å². The van der Waals surface area contributed by atoms with Crippen LogP contribution in [0, 0.1) is 0 Å². The first-order valence-corrected chi connectivity index (χ1v) is 6.92. The van der Waals surface area contributed by atoms with Gasteiger partial charge in [0.05, 0.1) is 11.3 Å². The highest BCUT2D eigenvalue weighted by atomic mass is 79.9. The van der Waals surface area contributed by atoms with E-state index in [1.807, 2.05) is 6.07 Å². The zero-order chi connectivity index (χ0) is 15.4. The fourth-order valence-corrected chi connectivity index (χ4v) is 2.19. The second-order valence-electron chi connectivity index (χ2n) is 4.37. The number of carboxylic acid groups (broad SMARTS) is 1. The van der Waals surface area contributed by atoms with Crippen LogP contribution in [0.15, 0.2) is 53.0 Å². The average Bonchev–Trinajstić information content (AvgIpc) is 2.47. The lowest BCUT2D eigenvalue weighted by molar-refractivity contribution is -0.117. The number of rotatable bonds is 4. The Kier molecular flexibility index (Phi) is 4.72. The largest absolute Gasteiger partial charge is 0.478 e. The quantitative estimate of drug-likeness (QED) is 0.791. The number of hydrogen-bond acceptors (Lipinski definition) is 3. The Labute approximate surface area is 129 Å². The fourth-order valence-electron chi connectivity index (χ4n) is 1.83. The third-order valence-corrected chi connectivity index (χ3v) is 3.40. The van der Waals surface area contributed by atoms with Gasteiger partial charge in [-0.25, -0.2) is 4.79 Å². The summed E-state index contributed by atoms with van der Waals surface area (Å²) in [6.07, 6.45) is 0. The van der Waals surface area contributed by atoms with Crippen molar-refractivity contribution in [1.29, 1.82) is 0 Å². The molecule has 0 aliphatic rings. The monoisotopic (exact) mass is 348 g/mol. The van der Waals surface area contributed by atoms with Crippen LogP contribution in [0.4, 0.5) is 5.69 Å². The fraction of sp³-hybridized carbons (Fsp3) is 0.0667. The molecule has 0 heterocycles. The highest BCUT2D eigenvalue weighted by Gasteiger charge is 2.18. The van der Waals surface area contributed by atoms with Crippen LogP contribution >= 0.6 is 15.9 Å². The highest BCUT2D eigenvalue weighted by Crippen LogP contribution is 2.23. The molecule has 2 aromatic rings. The molecular weight excluding hydrogens is 336 g/mol. The molecule has 0 aromatic heterocycles. The average molecular weight is 349 g/mol. The van der Waals surface area contributed by atoms with E-state index in [9.17, 15) is 9.59 Å². The molecule has 0 aliphatic carbocycles. The number of carboxylic acids is 1. The summed E-state index contributed by atoms with van der Waals surface area (Å²) in [5.41, 5.74) is 6.74. The molecule has 21 heavy (non-hydrogen) atoms. The van der Waals surface area contributed by atoms with Crippen molar-refractivity contribution in [2.24, 2.45) is 5.73 Å². The first-order chi connectivity index (χ1) is 9.99. The van der Waals surface area contributed by atoms with E-state index in [1.54, 1.807) is 30.3 Å². The molecular formula is C15H13BrN2O3. The topological polar surface area (TPSA) is 92.4 Å². The van der Waals surface area contributed by atoms with E-state index in [4.69, 9.17) is 10.8 Å². The van der Waals surface area contributed by atoms with Gasteiger partial charge in [-0.15, -0.1) is 0 Å². The van der Waals surface area contributed by atoms with Crippen molar-refractivity contribution in [3.8, 4) is 0 Å². The number of nitrogens with one attached hydrogen (secondary N) is 1. The second kappa shape index (κ2) is 6.51. The summed E-state index contributed by atoms with van der Waals surface area (Å²) in [6.45, 7) is 0. The Morgan fingerprint density at radius 3 is 2.43 bits per heavy atom. The molecule has 2 aromatic carbocycles. The maximum absolute atomic E-state index is 12.2. The highest BCUT2D eigenvalue weighted by molar-refractivity contribution is 9.10. The Morgan fingerprint density at radius 1 is 1.14 bits per heavy atom. The molecule has 0 saturated carbocycles. The number of halogens is 1. The Hall–Kier alpha value is -2.18. The molecule has 0 spiro atoms. The molecule has 0 radical (unpaired) electrons. The first kappa shape index (κ1) is 15.2. The van der Waals surface area contributed by atoms with E-state index in [0.717, 1.165) is 0 Å². The molecule has 0 aliphatic heterocycles. The molecule has 1 unspecified atom stereocenters. The number of amides is 1. The van der Waals surface area contributed by atoms with Gasteiger partial charge in [-0.05, 0) is 23.8 Å². The number of carbonyl (C=O) groups excluding carboxylic acids is 1. The smallest absolute Gasteiger partial charge is 0.337 e. The summed E-state index contributed by atoms with van der Waals surface area (Å²) in [6, 6.07) is 12.5. The lowest BCUT2D eigenvalue weighted by Gasteiger charge is -2.14. The van der Waals surface area contributed by atoms with Gasteiger partial charge in [-0.2, -0.15) is 0 Å². The minimum Gasteiger partial charge on any atom is -0.478 e. The molecule has 2 rings (SSSR count). The van der Waals surface area contributed by atoms with Crippen LogP contribution in [0.3, 0.4) is 0 Å². The predicted molar refractivity (Wildman–Crippen MR) is 83.1 cm³/mol. The standard InChI is InChI=1S/C15H13BrN2O3/c16-10-6-7-11(15(20)21)12(8-10)18-14(19)13(17)9-4-2-1-3-5-9/h1-8,13H,17H2,(H,18,19)(H,20,21). The summed E-state index contributed by atoms with van der Waals surface area (Å²) < 4.78 is 0.663. The molecule has 0 saturated heterocycles. The maximum Gasteiger partial charge on any atom is 0.337 e. The lowest BCUT2D eigenvalue weighted by Crippen LogP contribution is -2.28. The molecule has 5 nitrogen and oxygen atoms in total. The molecule has 108 valence electrons. The number of nitrogens with two attached hydrogens (primary N) is 1. The van der Waals surface area contributed by atoms with E-state index in [-0.39, 0.29) is 11.3 Å². The minimum atomic E-state index is -1.12. The summed E-state index contributed by atoms with van der Waals surface area (Å²) in [7, 11) is 0. The van der Waals surface area contributed by atoms with Crippen molar-refractivity contribution in [2.75, 3.05) is 5.32 Å². The van der Waals surface area contributed by atoms with Crippen LogP contribution in [0.2, 0.25) is 0 Å². The van der Waals surface area contributed by atoms with Crippen LogP contribution in [-0.4, -0.2) is 17.0 Å². The second-order valence-corrected chi connectivity index (χ2v) is 5.29. The number of benzene rings is 2. The Morgan fingerprint density at radius 2 is 1.81 bits per heavy atom. The first-order valence-electron chi connectivity index (χ1n) is 6.13. The molecule has 1 amide bonds. The van der Waals surface area contributed by atoms with Crippen molar-refractivity contribution >= 4 is 33.5 Å². The Bertz CT molecular complexity index is 674. The normalized spacial score (nSPS) is 11.7. The van der Waals surface area contributed by atoms with E-state index in [0.29, 0.717) is 10.0 Å². The minimum absolute atomic E-state index is 0.00631. The number of carbonyl (C=O) groups is 2. The van der Waals surface area contributed by atoms with E-state index >= 15 is 0 Å². The number of aromatic carboxylic acids is 1. The van der Waals surface area contributed by atoms with Gasteiger partial charge in [0.2, 0.25) is 5.91 Å². The van der Waals surface area contributed by atoms with Crippen LogP contribution in [0.25, 0.3) is 0 Å². The van der Waals surface area contributed by atoms with Crippen LogP contribution in [0.5, 0.6) is 0 Å². The third kappa shape index (κ3) is 3.68. The molecule has 4 N–H and O–H groups in total. The van der Waals surface area contributed by atoms with Gasteiger partial charge in [0, 0.05) is 4.47 Å². The number of anilines is 1. The van der Waals surface area contributed by atoms with Crippen LogP contribution in [-0.2, 0) is 4.79 Å². The zero-order valence-corrected chi connectivity index (χ0v) is 12.5. The van der Waals surface area contributed by atoms with Gasteiger partial charge in [-0.1, -0.05) is 46.3 Å². The summed E-state index contributed by atoms with van der Waals surface area (Å²) in [4.78, 5) is 23.3. The van der Waals surface area contributed by atoms with Crippen molar-refractivity contribution in [3.63, 3.8) is 0 Å². The van der Waals surface area contributed by atoms with Gasteiger partial charge < -0.3 is 16.2 Å². The summed E-state index contributed by atoms with van der Waals surface area (Å²) in [5, 5.41) is 11.7. The maximum atomic E-state index is 12.2. The molecule has 0 fully saturated rings. The molecule has 1 atom stereocenters. The van der Waals surface area contributed by atoms with Crippen molar-refractivity contribution in [1.82, 2.24) is 0 Å². The van der Waals surface area contributed by atoms with Crippen LogP contribution in [0.1, 0.15) is 22.0 Å². The van der Waals surface area contributed by atoms with Crippen molar-refractivity contribution < 1.29 is 14.7 Å². The van der Waals surface area contributed by atoms with E-state index in [2.05, 4.69) is 21.2 Å². The van der Waals surface area contributed by atoms with E-state index < -0.39 is 17.9 Å². The van der Waals surface area contributed by atoms with Gasteiger partial charge in [0.1, 0.15) is 6.04 Å². The van der Waals surface area contributed by atoms with Crippen molar-refractivity contribution in [3.05, 3.63) is 64.1 Å². The SMILES string of the molecule is NC(C(=O)Nc1cc(Br)ccc1C(=O)O)c1ccccc1. The molecule has 6 heteroatoms. The number of hydrogen-bond donors (Lipinski definition) is 3. The summed E-state index contributed by atoms with van der Waals surface area (Å²) in [5.74, 6) is -1.59. The van der Waals surface area contributed by atoms with Gasteiger partial charge >= 0.3 is 5.97 Å². The van der Waals surface area contributed by atoms with Crippen molar-refractivity contribution in [2.45, 2.75) is 6.04 Å². The van der Waals surface area contributed by atoms with Crippen LogP contribution < -0.4 is 11.1 Å². The lowest BCUT2D eigenvalue weighted by atomic mass is 10.1. The van der Waals surface area contributed by atoms with Gasteiger partial charge in [-0.3, -0.25) is 4.79 Å². The van der Waals surface area contributed by atoms with Gasteiger partial charge in [0.15, 0.2) is 0 Å². The zero-order valence-electron chi connectivity index (χ0n) is 10.9.